The topological polar surface area (TPSA) is 89.5 Å². The monoisotopic (exact) mass is 397 g/mol. The first kappa shape index (κ1) is 18.2. The quantitative estimate of drug-likeness (QED) is 0.482. The SMILES string of the molecule is Cc1cc(C(=O)N2CCc3c(noc3-c3ccc(Cl)cc3)C2)ccc1[N+](=O)[O-]. The fraction of sp³-hybridized carbons (Fsp3) is 0.200. The standard InChI is InChI=1S/C20H16ClN3O4/c1-12-10-14(4-7-18(12)24(26)27)20(25)23-9-8-16-17(11-23)22-28-19(16)13-2-5-15(21)6-3-13/h2-7,10H,8-9,11H2,1H3. The predicted octanol–water partition coefficient (Wildman–Crippen LogP) is 4.41. The second-order valence-corrected chi connectivity index (χ2v) is 7.12. The van der Waals surface area contributed by atoms with Crippen LogP contribution in [0.4, 0.5) is 5.69 Å². The van der Waals surface area contributed by atoms with Crippen molar-refractivity contribution >= 4 is 23.2 Å². The van der Waals surface area contributed by atoms with Crippen molar-refractivity contribution in [2.24, 2.45) is 0 Å². The molecule has 1 aromatic heterocycles. The van der Waals surface area contributed by atoms with Gasteiger partial charge in [-0.15, -0.1) is 0 Å². The highest BCUT2D eigenvalue weighted by atomic mass is 35.5. The summed E-state index contributed by atoms with van der Waals surface area (Å²) in [6, 6.07) is 11.7. The van der Waals surface area contributed by atoms with E-state index in [9.17, 15) is 14.9 Å². The summed E-state index contributed by atoms with van der Waals surface area (Å²) in [5.41, 5.74) is 3.49. The van der Waals surface area contributed by atoms with Crippen LogP contribution in [0.2, 0.25) is 5.02 Å². The molecule has 0 fully saturated rings. The highest BCUT2D eigenvalue weighted by Gasteiger charge is 2.28. The van der Waals surface area contributed by atoms with Gasteiger partial charge in [0, 0.05) is 39.9 Å². The van der Waals surface area contributed by atoms with E-state index in [1.54, 1.807) is 30.0 Å². The molecular formula is C20H16ClN3O4. The van der Waals surface area contributed by atoms with Crippen LogP contribution in [-0.4, -0.2) is 27.4 Å². The van der Waals surface area contributed by atoms with Crippen molar-refractivity contribution in [3.05, 3.63) is 80.0 Å². The second kappa shape index (κ2) is 7.09. The maximum absolute atomic E-state index is 12.8. The Hall–Kier alpha value is -3.19. The first-order chi connectivity index (χ1) is 13.4. The Labute approximate surface area is 165 Å². The smallest absolute Gasteiger partial charge is 0.272 e. The number of amides is 1. The Kier molecular flexibility index (Phi) is 4.60. The van der Waals surface area contributed by atoms with Gasteiger partial charge in [0.25, 0.3) is 11.6 Å². The van der Waals surface area contributed by atoms with E-state index in [1.807, 2.05) is 12.1 Å². The fourth-order valence-electron chi connectivity index (χ4n) is 3.41. The number of carbonyl (C=O) groups is 1. The Morgan fingerprint density at radius 2 is 2.00 bits per heavy atom. The van der Waals surface area contributed by atoms with Crippen molar-refractivity contribution in [1.29, 1.82) is 0 Å². The number of hydrogen-bond donors (Lipinski definition) is 0. The summed E-state index contributed by atoms with van der Waals surface area (Å²) < 4.78 is 5.53. The molecule has 142 valence electrons. The van der Waals surface area contributed by atoms with Gasteiger partial charge in [-0.05, 0) is 49.7 Å². The first-order valence-corrected chi connectivity index (χ1v) is 9.09. The number of nitro groups is 1. The lowest BCUT2D eigenvalue weighted by Crippen LogP contribution is -2.36. The maximum Gasteiger partial charge on any atom is 0.272 e. The molecule has 28 heavy (non-hydrogen) atoms. The third-order valence-corrected chi connectivity index (χ3v) is 5.13. The molecule has 4 rings (SSSR count). The van der Waals surface area contributed by atoms with Crippen molar-refractivity contribution in [3.63, 3.8) is 0 Å². The molecule has 0 N–H and O–H groups in total. The van der Waals surface area contributed by atoms with E-state index in [1.165, 1.54) is 12.1 Å². The molecule has 8 heteroatoms. The molecule has 2 heterocycles. The van der Waals surface area contributed by atoms with Crippen LogP contribution >= 0.6 is 11.6 Å². The summed E-state index contributed by atoms with van der Waals surface area (Å²) in [7, 11) is 0. The molecule has 0 radical (unpaired) electrons. The normalized spacial score (nSPS) is 13.3. The summed E-state index contributed by atoms with van der Waals surface area (Å²) >= 11 is 5.94. The van der Waals surface area contributed by atoms with E-state index in [4.69, 9.17) is 16.1 Å². The van der Waals surface area contributed by atoms with E-state index in [0.29, 0.717) is 41.4 Å². The van der Waals surface area contributed by atoms with Gasteiger partial charge in [-0.3, -0.25) is 14.9 Å². The maximum atomic E-state index is 12.8. The third-order valence-electron chi connectivity index (χ3n) is 4.88. The van der Waals surface area contributed by atoms with E-state index < -0.39 is 4.92 Å². The summed E-state index contributed by atoms with van der Waals surface area (Å²) in [5, 5.41) is 15.8. The molecule has 0 aliphatic carbocycles. The van der Waals surface area contributed by atoms with Crippen LogP contribution in [0.3, 0.4) is 0 Å². The van der Waals surface area contributed by atoms with Gasteiger partial charge in [0.15, 0.2) is 5.76 Å². The molecule has 0 unspecified atom stereocenters. The molecular weight excluding hydrogens is 382 g/mol. The Balaban J connectivity index is 1.56. The molecule has 3 aromatic rings. The predicted molar refractivity (Wildman–Crippen MR) is 103 cm³/mol. The van der Waals surface area contributed by atoms with Gasteiger partial charge in [0.2, 0.25) is 0 Å². The second-order valence-electron chi connectivity index (χ2n) is 6.68. The van der Waals surface area contributed by atoms with Crippen LogP contribution in [0.25, 0.3) is 11.3 Å². The zero-order valence-corrected chi connectivity index (χ0v) is 15.8. The van der Waals surface area contributed by atoms with Crippen LogP contribution in [0.5, 0.6) is 0 Å². The number of fused-ring (bicyclic) bond motifs is 1. The van der Waals surface area contributed by atoms with Crippen LogP contribution in [-0.2, 0) is 13.0 Å². The number of aromatic nitrogens is 1. The van der Waals surface area contributed by atoms with Gasteiger partial charge < -0.3 is 9.42 Å². The Bertz CT molecular complexity index is 1080. The van der Waals surface area contributed by atoms with Crippen molar-refractivity contribution in [1.82, 2.24) is 10.1 Å². The zero-order valence-electron chi connectivity index (χ0n) is 15.0. The summed E-state index contributed by atoms with van der Waals surface area (Å²) in [6.45, 7) is 2.48. The minimum absolute atomic E-state index is 0.00147. The van der Waals surface area contributed by atoms with Gasteiger partial charge in [0.1, 0.15) is 5.69 Å². The minimum atomic E-state index is -0.454. The Morgan fingerprint density at radius 1 is 1.25 bits per heavy atom. The molecule has 0 atom stereocenters. The number of benzene rings is 2. The fourth-order valence-corrected chi connectivity index (χ4v) is 3.53. The molecule has 0 spiro atoms. The van der Waals surface area contributed by atoms with E-state index >= 15 is 0 Å². The molecule has 1 aliphatic rings. The van der Waals surface area contributed by atoms with E-state index in [-0.39, 0.29) is 11.6 Å². The number of nitro benzene ring substituents is 1. The largest absolute Gasteiger partial charge is 0.356 e. The Morgan fingerprint density at radius 3 is 2.68 bits per heavy atom. The lowest BCUT2D eigenvalue weighted by Gasteiger charge is -2.26. The lowest BCUT2D eigenvalue weighted by atomic mass is 10.00. The highest BCUT2D eigenvalue weighted by Crippen LogP contribution is 2.31. The number of aryl methyl sites for hydroxylation is 1. The van der Waals surface area contributed by atoms with Crippen LogP contribution in [0.15, 0.2) is 47.0 Å². The van der Waals surface area contributed by atoms with E-state index in [2.05, 4.69) is 5.16 Å². The summed E-state index contributed by atoms with van der Waals surface area (Å²) in [5.74, 6) is 0.518. The van der Waals surface area contributed by atoms with Gasteiger partial charge in [-0.2, -0.15) is 0 Å². The highest BCUT2D eigenvalue weighted by molar-refractivity contribution is 6.30. The molecule has 1 amide bonds. The first-order valence-electron chi connectivity index (χ1n) is 8.71. The van der Waals surface area contributed by atoms with Crippen molar-refractivity contribution in [2.75, 3.05) is 6.54 Å². The third kappa shape index (κ3) is 3.25. The van der Waals surface area contributed by atoms with Gasteiger partial charge in [0.05, 0.1) is 11.5 Å². The molecule has 7 nitrogen and oxygen atoms in total. The van der Waals surface area contributed by atoms with Crippen molar-refractivity contribution in [3.8, 4) is 11.3 Å². The molecule has 0 saturated carbocycles. The zero-order chi connectivity index (χ0) is 19.8. The average molecular weight is 398 g/mol. The summed E-state index contributed by atoms with van der Waals surface area (Å²) in [6.07, 6.45) is 0.620. The number of hydrogen-bond acceptors (Lipinski definition) is 5. The lowest BCUT2D eigenvalue weighted by molar-refractivity contribution is -0.385. The van der Waals surface area contributed by atoms with E-state index in [0.717, 1.165) is 16.8 Å². The van der Waals surface area contributed by atoms with Crippen molar-refractivity contribution < 1.29 is 14.2 Å². The van der Waals surface area contributed by atoms with Crippen molar-refractivity contribution in [2.45, 2.75) is 19.9 Å². The van der Waals surface area contributed by atoms with Crippen LogP contribution in [0.1, 0.15) is 27.2 Å². The van der Waals surface area contributed by atoms with Crippen LogP contribution in [0, 0.1) is 17.0 Å². The number of rotatable bonds is 3. The molecule has 1 aliphatic heterocycles. The molecule has 0 bridgehead atoms. The summed E-state index contributed by atoms with van der Waals surface area (Å²) in [4.78, 5) is 25.0. The molecule has 0 saturated heterocycles. The number of halogens is 1. The van der Waals surface area contributed by atoms with Crippen LogP contribution < -0.4 is 0 Å². The number of carbonyl (C=O) groups excluding carboxylic acids is 1. The van der Waals surface area contributed by atoms with Gasteiger partial charge >= 0.3 is 0 Å². The van der Waals surface area contributed by atoms with Gasteiger partial charge in [-0.25, -0.2) is 0 Å². The van der Waals surface area contributed by atoms with Gasteiger partial charge in [-0.1, -0.05) is 16.8 Å². The molecule has 2 aromatic carbocycles. The number of nitrogens with zero attached hydrogens (tertiary/aromatic N) is 3. The minimum Gasteiger partial charge on any atom is -0.356 e. The average Bonchev–Trinajstić information content (AvgIpc) is 3.11.